The zero-order valence-corrected chi connectivity index (χ0v) is 17.0. The number of nitrogens with zero attached hydrogens (tertiary/aromatic N) is 1. The molecule has 0 saturated heterocycles. The molecule has 1 aromatic heterocycles. The highest BCUT2D eigenvalue weighted by molar-refractivity contribution is 6.09. The van der Waals surface area contributed by atoms with Crippen LogP contribution in [0.3, 0.4) is 0 Å². The number of carboxylic acids is 1. The average Bonchev–Trinajstić information content (AvgIpc) is 3.22. The number of anilines is 1. The number of amides is 1. The summed E-state index contributed by atoms with van der Waals surface area (Å²) in [5.74, 6) is -0.177. The zero-order valence-electron chi connectivity index (χ0n) is 17.0. The quantitative estimate of drug-likeness (QED) is 0.418. The van der Waals surface area contributed by atoms with Crippen molar-refractivity contribution in [2.24, 2.45) is 0 Å². The van der Waals surface area contributed by atoms with Crippen molar-refractivity contribution in [2.75, 3.05) is 11.9 Å². The number of aromatic carboxylic acids is 1. The first-order chi connectivity index (χ1) is 14.9. The summed E-state index contributed by atoms with van der Waals surface area (Å²) >= 11 is 0. The summed E-state index contributed by atoms with van der Waals surface area (Å²) < 4.78 is 11.1. The normalized spacial score (nSPS) is 10.9. The van der Waals surface area contributed by atoms with Crippen molar-refractivity contribution < 1.29 is 23.8 Å². The molecule has 3 aromatic rings. The van der Waals surface area contributed by atoms with Gasteiger partial charge in [0.25, 0.3) is 5.91 Å². The second-order valence-corrected chi connectivity index (χ2v) is 6.57. The number of carbonyl (C=O) groups is 2. The molecule has 0 fully saturated rings. The predicted octanol–water partition coefficient (Wildman–Crippen LogP) is 4.90. The van der Waals surface area contributed by atoms with Gasteiger partial charge in [0, 0.05) is 17.3 Å². The fraction of sp³-hybridized carbons (Fsp3) is 0.125. The molecule has 3 rings (SSSR count). The maximum atomic E-state index is 12.5. The number of furan rings is 1. The summed E-state index contributed by atoms with van der Waals surface area (Å²) in [7, 11) is 0. The molecule has 156 valence electrons. The number of nitrogens with one attached hydrogen (secondary N) is 1. The van der Waals surface area contributed by atoms with E-state index in [1.165, 1.54) is 12.1 Å². The first-order valence-electron chi connectivity index (χ1n) is 9.52. The van der Waals surface area contributed by atoms with Crippen molar-refractivity contribution in [3.63, 3.8) is 0 Å². The Morgan fingerprint density at radius 2 is 1.90 bits per heavy atom. The molecular formula is C24H20N2O5. The lowest BCUT2D eigenvalue weighted by Crippen LogP contribution is -2.13. The van der Waals surface area contributed by atoms with Gasteiger partial charge in [-0.2, -0.15) is 5.26 Å². The van der Waals surface area contributed by atoms with E-state index < -0.39 is 11.9 Å². The molecule has 0 bridgehead atoms. The number of nitriles is 1. The predicted molar refractivity (Wildman–Crippen MR) is 116 cm³/mol. The second-order valence-electron chi connectivity index (χ2n) is 6.57. The van der Waals surface area contributed by atoms with Crippen LogP contribution in [0.2, 0.25) is 0 Å². The fourth-order valence-corrected chi connectivity index (χ4v) is 3.00. The van der Waals surface area contributed by atoms with Crippen LogP contribution in [0.4, 0.5) is 5.69 Å². The minimum absolute atomic E-state index is 0.134. The minimum atomic E-state index is -1.02. The van der Waals surface area contributed by atoms with Gasteiger partial charge < -0.3 is 19.6 Å². The lowest BCUT2D eigenvalue weighted by Gasteiger charge is -2.06. The summed E-state index contributed by atoms with van der Waals surface area (Å²) in [6.07, 6.45) is 1.34. The molecule has 0 radical (unpaired) electrons. The van der Waals surface area contributed by atoms with Crippen molar-refractivity contribution in [3.05, 3.63) is 77.1 Å². The van der Waals surface area contributed by atoms with Gasteiger partial charge in [-0.05, 0) is 61.9 Å². The Kier molecular flexibility index (Phi) is 6.53. The molecule has 7 nitrogen and oxygen atoms in total. The topological polar surface area (TPSA) is 113 Å². The van der Waals surface area contributed by atoms with Crippen LogP contribution < -0.4 is 10.1 Å². The fourth-order valence-electron chi connectivity index (χ4n) is 3.00. The van der Waals surface area contributed by atoms with E-state index in [2.05, 4.69) is 5.32 Å². The first kappa shape index (κ1) is 21.4. The van der Waals surface area contributed by atoms with E-state index in [-0.39, 0.29) is 11.1 Å². The van der Waals surface area contributed by atoms with Crippen molar-refractivity contribution in [3.8, 4) is 23.1 Å². The van der Waals surface area contributed by atoms with Gasteiger partial charge in [0.2, 0.25) is 0 Å². The monoisotopic (exact) mass is 416 g/mol. The van der Waals surface area contributed by atoms with E-state index in [0.717, 1.165) is 0 Å². The number of benzene rings is 2. The Morgan fingerprint density at radius 1 is 1.16 bits per heavy atom. The van der Waals surface area contributed by atoms with Crippen LogP contribution in [0, 0.1) is 18.3 Å². The molecule has 0 unspecified atom stereocenters. The molecule has 0 saturated carbocycles. The Labute approximate surface area is 179 Å². The highest BCUT2D eigenvalue weighted by Crippen LogP contribution is 2.28. The van der Waals surface area contributed by atoms with Crippen LogP contribution in [0.1, 0.15) is 28.6 Å². The Hall–Kier alpha value is -4.31. The Balaban J connectivity index is 1.80. The van der Waals surface area contributed by atoms with Crippen molar-refractivity contribution in [2.45, 2.75) is 13.8 Å². The van der Waals surface area contributed by atoms with Crippen LogP contribution >= 0.6 is 0 Å². The molecule has 0 aliphatic carbocycles. The van der Waals surface area contributed by atoms with Gasteiger partial charge in [-0.3, -0.25) is 4.79 Å². The smallest absolute Gasteiger partial charge is 0.335 e. The van der Waals surface area contributed by atoms with Crippen molar-refractivity contribution in [1.29, 1.82) is 5.26 Å². The van der Waals surface area contributed by atoms with Gasteiger partial charge in [-0.25, -0.2) is 4.79 Å². The van der Waals surface area contributed by atoms with Gasteiger partial charge in [0.05, 0.1) is 12.2 Å². The summed E-state index contributed by atoms with van der Waals surface area (Å²) in [5.41, 5.74) is 1.76. The van der Waals surface area contributed by atoms with Crippen LogP contribution in [-0.4, -0.2) is 23.6 Å². The maximum absolute atomic E-state index is 12.5. The number of hydrogen-bond donors (Lipinski definition) is 2. The molecule has 2 N–H and O–H groups in total. The molecule has 1 amide bonds. The third-order valence-corrected chi connectivity index (χ3v) is 4.53. The van der Waals surface area contributed by atoms with Gasteiger partial charge in [-0.15, -0.1) is 0 Å². The molecule has 0 spiro atoms. The Morgan fingerprint density at radius 3 is 2.55 bits per heavy atom. The molecule has 0 aliphatic rings. The van der Waals surface area contributed by atoms with Gasteiger partial charge in [0.1, 0.15) is 28.9 Å². The first-order valence-corrected chi connectivity index (χ1v) is 9.52. The molecular weight excluding hydrogens is 396 g/mol. The van der Waals surface area contributed by atoms with Crippen molar-refractivity contribution >= 4 is 23.6 Å². The number of hydrogen-bond acceptors (Lipinski definition) is 5. The van der Waals surface area contributed by atoms with E-state index >= 15 is 0 Å². The molecule has 31 heavy (non-hydrogen) atoms. The minimum Gasteiger partial charge on any atom is -0.494 e. The Bertz CT molecular complexity index is 1180. The molecule has 0 atom stereocenters. The van der Waals surface area contributed by atoms with E-state index in [0.29, 0.717) is 40.7 Å². The van der Waals surface area contributed by atoms with E-state index in [4.69, 9.17) is 9.15 Å². The standard InChI is InChI=1S/C24H20N2O5/c1-3-30-18-9-7-17(8-10-18)26-23(27)16(14-25)13-19-11-12-22(31-19)20-5-4-6-21(15(20)2)24(28)29/h4-13H,3H2,1-2H3,(H,26,27)(H,28,29)/b16-13-. The van der Waals surface area contributed by atoms with Crippen LogP contribution in [0.25, 0.3) is 17.4 Å². The average molecular weight is 416 g/mol. The van der Waals surface area contributed by atoms with Crippen LogP contribution in [-0.2, 0) is 4.79 Å². The van der Waals surface area contributed by atoms with Gasteiger partial charge >= 0.3 is 5.97 Å². The lowest BCUT2D eigenvalue weighted by molar-refractivity contribution is -0.112. The second kappa shape index (κ2) is 9.46. The lowest BCUT2D eigenvalue weighted by atomic mass is 10.0. The summed E-state index contributed by atoms with van der Waals surface area (Å²) in [6, 6.07) is 16.9. The highest BCUT2D eigenvalue weighted by atomic mass is 16.5. The van der Waals surface area contributed by atoms with Crippen molar-refractivity contribution in [1.82, 2.24) is 0 Å². The highest BCUT2D eigenvalue weighted by Gasteiger charge is 2.15. The molecule has 0 aliphatic heterocycles. The van der Waals surface area contributed by atoms with Gasteiger partial charge in [-0.1, -0.05) is 12.1 Å². The third kappa shape index (κ3) is 5.00. The third-order valence-electron chi connectivity index (χ3n) is 4.53. The number of carboxylic acid groups (broad SMARTS) is 1. The maximum Gasteiger partial charge on any atom is 0.335 e. The number of ether oxygens (including phenoxy) is 1. The number of rotatable bonds is 7. The summed E-state index contributed by atoms with van der Waals surface area (Å²) in [5, 5.41) is 21.4. The molecule has 1 heterocycles. The summed E-state index contributed by atoms with van der Waals surface area (Å²) in [6.45, 7) is 4.12. The zero-order chi connectivity index (χ0) is 22.4. The largest absolute Gasteiger partial charge is 0.494 e. The van der Waals surface area contributed by atoms with E-state index in [1.54, 1.807) is 55.5 Å². The van der Waals surface area contributed by atoms with Crippen LogP contribution in [0.5, 0.6) is 5.75 Å². The molecule has 7 heteroatoms. The van der Waals surface area contributed by atoms with E-state index in [9.17, 15) is 20.0 Å². The van der Waals surface area contributed by atoms with Gasteiger partial charge in [0.15, 0.2) is 0 Å². The van der Waals surface area contributed by atoms with E-state index in [1.807, 2.05) is 13.0 Å². The SMILES string of the molecule is CCOc1ccc(NC(=O)/C(C#N)=C\c2ccc(-c3cccc(C(=O)O)c3C)o2)cc1. The summed E-state index contributed by atoms with van der Waals surface area (Å²) in [4.78, 5) is 23.8. The van der Waals surface area contributed by atoms with Crippen LogP contribution in [0.15, 0.2) is 64.6 Å². The molecule has 2 aromatic carbocycles. The number of carbonyl (C=O) groups excluding carboxylic acids is 1.